The minimum atomic E-state index is -0.566. The average molecular weight is 465 g/mol. The van der Waals surface area contributed by atoms with Crippen LogP contribution >= 0.6 is 0 Å². The summed E-state index contributed by atoms with van der Waals surface area (Å²) < 4.78 is 54.6. The van der Waals surface area contributed by atoms with Gasteiger partial charge in [-0.25, -0.2) is 13.2 Å². The summed E-state index contributed by atoms with van der Waals surface area (Å²) in [7, 11) is 3.23. The molecule has 0 aromatic heterocycles. The fourth-order valence-electron chi connectivity index (χ4n) is 6.53. The molecule has 2 fully saturated rings. The van der Waals surface area contributed by atoms with E-state index in [0.717, 1.165) is 70.6 Å². The second-order valence-corrected chi connectivity index (χ2v) is 10.5. The molecule has 4 aliphatic rings. The van der Waals surface area contributed by atoms with Crippen LogP contribution in [-0.4, -0.2) is 20.3 Å². The smallest absolute Gasteiger partial charge is 0.161 e. The molecule has 0 spiro atoms. The lowest BCUT2D eigenvalue weighted by molar-refractivity contribution is 0.0610. The third-order valence-electron chi connectivity index (χ3n) is 8.68. The Morgan fingerprint density at radius 2 is 1.58 bits per heavy atom. The summed E-state index contributed by atoms with van der Waals surface area (Å²) in [5, 5.41) is 0. The standard InChI is InChI=1S/C28H39F3O2/c1-32-22-12-10-21(11-13-22)24-15-14-23(27(30)28(24)31)20-8-5-18(6-9-20)3-4-19-7-16-26(33-2)25(29)17-19/h15-23H,3-14H2,1-2H3. The van der Waals surface area contributed by atoms with Crippen LogP contribution in [-0.2, 0) is 9.47 Å². The van der Waals surface area contributed by atoms with Crippen LogP contribution in [0.1, 0.15) is 77.0 Å². The predicted molar refractivity (Wildman–Crippen MR) is 125 cm³/mol. The molecular formula is C28H39F3O2. The van der Waals surface area contributed by atoms with Crippen molar-refractivity contribution in [3.8, 4) is 0 Å². The van der Waals surface area contributed by atoms with E-state index in [1.165, 1.54) is 7.11 Å². The zero-order valence-corrected chi connectivity index (χ0v) is 20.1. The van der Waals surface area contributed by atoms with Gasteiger partial charge in [0, 0.05) is 13.0 Å². The third-order valence-corrected chi connectivity index (χ3v) is 8.68. The Kier molecular flexibility index (Phi) is 8.43. The maximum atomic E-state index is 15.1. The lowest BCUT2D eigenvalue weighted by Crippen LogP contribution is -2.26. The molecule has 0 amide bonds. The molecule has 0 radical (unpaired) electrons. The first-order valence-corrected chi connectivity index (χ1v) is 12.9. The minimum Gasteiger partial charge on any atom is -0.494 e. The Balaban J connectivity index is 1.24. The molecule has 0 N–H and O–H groups in total. The van der Waals surface area contributed by atoms with Gasteiger partial charge >= 0.3 is 0 Å². The van der Waals surface area contributed by atoms with Crippen molar-refractivity contribution < 1.29 is 22.6 Å². The normalized spacial score (nSPS) is 35.6. The maximum Gasteiger partial charge on any atom is 0.161 e. The van der Waals surface area contributed by atoms with Crippen molar-refractivity contribution in [3.63, 3.8) is 0 Å². The molecule has 0 aromatic carbocycles. The lowest BCUT2D eigenvalue weighted by atomic mass is 9.70. The topological polar surface area (TPSA) is 18.5 Å². The number of hydrogen-bond acceptors (Lipinski definition) is 2. The summed E-state index contributed by atoms with van der Waals surface area (Å²) in [6.07, 6.45) is 16.9. The number of ether oxygens (including phenoxy) is 2. The highest BCUT2D eigenvalue weighted by atomic mass is 19.2. The minimum absolute atomic E-state index is 0.132. The van der Waals surface area contributed by atoms with E-state index >= 15 is 8.78 Å². The Morgan fingerprint density at radius 3 is 2.21 bits per heavy atom. The quantitative estimate of drug-likeness (QED) is 0.377. The number of rotatable bonds is 7. The predicted octanol–water partition coefficient (Wildman–Crippen LogP) is 8.28. The zero-order chi connectivity index (χ0) is 23.4. The molecule has 184 valence electrons. The van der Waals surface area contributed by atoms with Gasteiger partial charge in [0.15, 0.2) is 11.7 Å². The van der Waals surface area contributed by atoms with Crippen molar-refractivity contribution in [2.24, 2.45) is 29.6 Å². The van der Waals surface area contributed by atoms with Crippen molar-refractivity contribution >= 4 is 0 Å². The fraction of sp³-hybridized carbons (Fsp3) is 0.714. The van der Waals surface area contributed by atoms with Gasteiger partial charge < -0.3 is 9.47 Å². The summed E-state index contributed by atoms with van der Waals surface area (Å²) >= 11 is 0. The van der Waals surface area contributed by atoms with E-state index in [1.807, 2.05) is 12.2 Å². The molecule has 0 bridgehead atoms. The molecular weight excluding hydrogens is 425 g/mol. The number of hydrogen-bond donors (Lipinski definition) is 0. The van der Waals surface area contributed by atoms with E-state index in [4.69, 9.17) is 9.47 Å². The van der Waals surface area contributed by atoms with Crippen molar-refractivity contribution in [2.45, 2.75) is 83.2 Å². The fourth-order valence-corrected chi connectivity index (χ4v) is 6.53. The van der Waals surface area contributed by atoms with Crippen molar-refractivity contribution in [1.82, 2.24) is 0 Å². The molecule has 2 unspecified atom stereocenters. The van der Waals surface area contributed by atoms with E-state index in [1.54, 1.807) is 13.2 Å². The first-order valence-electron chi connectivity index (χ1n) is 12.9. The molecule has 0 aliphatic heterocycles. The van der Waals surface area contributed by atoms with Gasteiger partial charge in [0.05, 0.1) is 13.2 Å². The molecule has 2 nitrogen and oxygen atoms in total. The second-order valence-electron chi connectivity index (χ2n) is 10.5. The van der Waals surface area contributed by atoms with Gasteiger partial charge in [0.1, 0.15) is 11.6 Å². The van der Waals surface area contributed by atoms with Gasteiger partial charge in [-0.15, -0.1) is 0 Å². The number of methoxy groups -OCH3 is 2. The van der Waals surface area contributed by atoms with Gasteiger partial charge in [-0.2, -0.15) is 0 Å². The third kappa shape index (κ3) is 5.78. The molecule has 2 saturated carbocycles. The first kappa shape index (κ1) is 24.6. The molecule has 33 heavy (non-hydrogen) atoms. The van der Waals surface area contributed by atoms with Gasteiger partial charge in [-0.3, -0.25) is 0 Å². The Hall–Kier alpha value is -1.49. The van der Waals surface area contributed by atoms with Crippen LogP contribution < -0.4 is 0 Å². The van der Waals surface area contributed by atoms with Crippen LogP contribution in [0.15, 0.2) is 47.0 Å². The second kappa shape index (κ2) is 11.3. The zero-order valence-electron chi connectivity index (χ0n) is 20.1. The Morgan fingerprint density at radius 1 is 0.848 bits per heavy atom. The van der Waals surface area contributed by atoms with Crippen LogP contribution in [0.4, 0.5) is 13.2 Å². The van der Waals surface area contributed by atoms with Gasteiger partial charge in [-0.05, 0) is 106 Å². The monoisotopic (exact) mass is 464 g/mol. The van der Waals surface area contributed by atoms with E-state index in [2.05, 4.69) is 0 Å². The summed E-state index contributed by atoms with van der Waals surface area (Å²) in [5.41, 5.74) is 0.616. The lowest BCUT2D eigenvalue weighted by Gasteiger charge is -2.36. The summed E-state index contributed by atoms with van der Waals surface area (Å²) in [6, 6.07) is 0. The summed E-state index contributed by atoms with van der Waals surface area (Å²) in [4.78, 5) is 0. The van der Waals surface area contributed by atoms with Crippen molar-refractivity contribution in [1.29, 1.82) is 0 Å². The summed E-state index contributed by atoms with van der Waals surface area (Å²) in [5.74, 6) is -0.0552. The molecule has 0 heterocycles. The molecule has 2 atom stereocenters. The summed E-state index contributed by atoms with van der Waals surface area (Å²) in [6.45, 7) is 0. The molecule has 0 saturated heterocycles. The number of halogens is 3. The highest BCUT2D eigenvalue weighted by Gasteiger charge is 2.36. The number of allylic oxidation sites excluding steroid dienone is 7. The van der Waals surface area contributed by atoms with Gasteiger partial charge in [0.25, 0.3) is 0 Å². The molecule has 5 heteroatoms. The van der Waals surface area contributed by atoms with Crippen molar-refractivity contribution in [3.05, 3.63) is 47.0 Å². The first-order chi connectivity index (χ1) is 16.0. The van der Waals surface area contributed by atoms with Crippen molar-refractivity contribution in [2.75, 3.05) is 14.2 Å². The highest BCUT2D eigenvalue weighted by molar-refractivity contribution is 5.35. The van der Waals surface area contributed by atoms with Crippen LogP contribution in [0.5, 0.6) is 0 Å². The van der Waals surface area contributed by atoms with Crippen LogP contribution in [0.25, 0.3) is 0 Å². The Bertz CT molecular complexity index is 796. The maximum absolute atomic E-state index is 15.1. The van der Waals surface area contributed by atoms with E-state index in [0.29, 0.717) is 23.7 Å². The molecule has 4 rings (SSSR count). The van der Waals surface area contributed by atoms with E-state index in [-0.39, 0.29) is 35.6 Å². The van der Waals surface area contributed by atoms with E-state index in [9.17, 15) is 4.39 Å². The van der Waals surface area contributed by atoms with E-state index < -0.39 is 11.7 Å². The average Bonchev–Trinajstić information content (AvgIpc) is 2.85. The Labute approximate surface area is 197 Å². The van der Waals surface area contributed by atoms with Gasteiger partial charge in [0.2, 0.25) is 0 Å². The molecule has 0 aromatic rings. The van der Waals surface area contributed by atoms with Gasteiger partial charge in [-0.1, -0.05) is 18.9 Å². The molecule has 4 aliphatic carbocycles. The van der Waals surface area contributed by atoms with Crippen LogP contribution in [0.2, 0.25) is 0 Å². The SMILES string of the molecule is COC1=CCC(CCC2CCC(C3CC=C(C4CCC(OC)CC4)C(F)=C3F)CC2)C=C1F. The van der Waals surface area contributed by atoms with Crippen LogP contribution in [0.3, 0.4) is 0 Å². The largest absolute Gasteiger partial charge is 0.494 e. The highest BCUT2D eigenvalue weighted by Crippen LogP contribution is 2.47. The van der Waals surface area contributed by atoms with Crippen LogP contribution in [0, 0.1) is 29.6 Å².